The van der Waals surface area contributed by atoms with Crippen LogP contribution in [0.2, 0.25) is 0 Å². The molecule has 0 aromatic rings. The highest BCUT2D eigenvalue weighted by atomic mass is 14.5. The largest absolute Gasteiger partial charge is 0.0528 e. The molecular weight excluding hydrogens is 180 g/mol. The van der Waals surface area contributed by atoms with Crippen LogP contribution >= 0.6 is 0 Å². The molecule has 0 aromatic carbocycles. The Morgan fingerprint density at radius 1 is 0.333 bits per heavy atom. The zero-order chi connectivity index (χ0) is 10.2. The van der Waals surface area contributed by atoms with Gasteiger partial charge in [0, 0.05) is 0 Å². The summed E-state index contributed by atoms with van der Waals surface area (Å²) in [6.45, 7) is 0. The van der Waals surface area contributed by atoms with Crippen LogP contribution < -0.4 is 0 Å². The lowest BCUT2D eigenvalue weighted by atomic mass is 9.60. The highest BCUT2D eigenvalue weighted by molar-refractivity contribution is 4.93. The van der Waals surface area contributed by atoms with Crippen LogP contribution in [0, 0.1) is 10.8 Å². The minimum atomic E-state index is 0.839. The topological polar surface area (TPSA) is 0 Å². The van der Waals surface area contributed by atoms with E-state index >= 15 is 0 Å². The van der Waals surface area contributed by atoms with Crippen LogP contribution in [0.4, 0.5) is 0 Å². The molecule has 0 amide bonds. The summed E-state index contributed by atoms with van der Waals surface area (Å²) in [6.07, 6.45) is 20.3. The van der Waals surface area contributed by atoms with Crippen molar-refractivity contribution < 1.29 is 0 Å². The molecule has 0 aromatic heterocycles. The first kappa shape index (κ1) is 10.2. The Bertz CT molecular complexity index is 204. The van der Waals surface area contributed by atoms with Crippen molar-refractivity contribution in [3.63, 3.8) is 0 Å². The number of hydrogen-bond acceptors (Lipinski definition) is 0. The Labute approximate surface area is 94.8 Å². The fourth-order valence-electron chi connectivity index (χ4n) is 4.73. The zero-order valence-electron chi connectivity index (χ0n) is 10.2. The van der Waals surface area contributed by atoms with E-state index in [0.29, 0.717) is 0 Å². The van der Waals surface area contributed by atoms with E-state index in [9.17, 15) is 0 Å². The Balaban J connectivity index is 1.61. The van der Waals surface area contributed by atoms with Crippen molar-refractivity contribution in [1.82, 2.24) is 0 Å². The number of rotatable bonds is 0. The molecule has 0 nitrogen and oxygen atoms in total. The lowest BCUT2D eigenvalue weighted by Gasteiger charge is -2.46. The summed E-state index contributed by atoms with van der Waals surface area (Å²) in [4.78, 5) is 0. The van der Waals surface area contributed by atoms with E-state index < -0.39 is 0 Å². The molecule has 0 radical (unpaired) electrons. The molecule has 3 rings (SSSR count). The first-order valence-corrected chi connectivity index (χ1v) is 7.33. The van der Waals surface area contributed by atoms with E-state index in [1.807, 2.05) is 0 Å². The molecule has 86 valence electrons. The van der Waals surface area contributed by atoms with Crippen LogP contribution in [0.25, 0.3) is 0 Å². The van der Waals surface area contributed by atoms with Crippen molar-refractivity contribution in [2.24, 2.45) is 10.8 Å². The molecule has 0 heteroatoms. The molecule has 0 bridgehead atoms. The van der Waals surface area contributed by atoms with E-state index in [0.717, 1.165) is 10.8 Å². The summed E-state index contributed by atoms with van der Waals surface area (Å²) < 4.78 is 0. The van der Waals surface area contributed by atoms with Gasteiger partial charge in [-0.3, -0.25) is 0 Å². The van der Waals surface area contributed by atoms with E-state index in [1.54, 1.807) is 64.2 Å². The van der Waals surface area contributed by atoms with Gasteiger partial charge in [-0.2, -0.15) is 0 Å². The van der Waals surface area contributed by atoms with Gasteiger partial charge in [-0.1, -0.05) is 32.1 Å². The minimum absolute atomic E-state index is 0.839. The van der Waals surface area contributed by atoms with Crippen molar-refractivity contribution in [2.75, 3.05) is 0 Å². The van der Waals surface area contributed by atoms with Crippen molar-refractivity contribution >= 4 is 0 Å². The summed E-state index contributed by atoms with van der Waals surface area (Å²) in [5.74, 6) is 0. The van der Waals surface area contributed by atoms with Crippen LogP contribution in [0.1, 0.15) is 83.5 Å². The van der Waals surface area contributed by atoms with Crippen molar-refractivity contribution in [3.05, 3.63) is 0 Å². The van der Waals surface area contributed by atoms with Crippen molar-refractivity contribution in [2.45, 2.75) is 83.5 Å². The van der Waals surface area contributed by atoms with Crippen LogP contribution in [-0.4, -0.2) is 0 Å². The van der Waals surface area contributed by atoms with Gasteiger partial charge in [0.2, 0.25) is 0 Å². The Hall–Kier alpha value is 0. The average molecular weight is 206 g/mol. The predicted octanol–water partition coefficient (Wildman–Crippen LogP) is 5.07. The molecule has 0 N–H and O–H groups in total. The normalized spacial score (nSPS) is 33.6. The summed E-state index contributed by atoms with van der Waals surface area (Å²) in [6, 6.07) is 0. The second kappa shape index (κ2) is 3.79. The predicted molar refractivity (Wildman–Crippen MR) is 64.9 cm³/mol. The summed E-state index contributed by atoms with van der Waals surface area (Å²) >= 11 is 0. The van der Waals surface area contributed by atoms with E-state index in [2.05, 4.69) is 0 Å². The molecule has 3 aliphatic rings. The van der Waals surface area contributed by atoms with Gasteiger partial charge in [0.1, 0.15) is 0 Å². The van der Waals surface area contributed by atoms with Gasteiger partial charge in [-0.25, -0.2) is 0 Å². The SMILES string of the molecule is C1CCC2(C1)CCCC1(CCC2)CCC1. The molecule has 0 heterocycles. The second-order valence-electron chi connectivity index (χ2n) is 6.77. The fraction of sp³-hybridized carbons (Fsp3) is 1.00. The average Bonchev–Trinajstić information content (AvgIpc) is 2.58. The van der Waals surface area contributed by atoms with Gasteiger partial charge >= 0.3 is 0 Å². The molecule has 0 unspecified atom stereocenters. The quantitative estimate of drug-likeness (QED) is 0.519. The summed E-state index contributed by atoms with van der Waals surface area (Å²) in [5, 5.41) is 0. The van der Waals surface area contributed by atoms with Crippen LogP contribution in [-0.2, 0) is 0 Å². The molecule has 3 aliphatic carbocycles. The second-order valence-corrected chi connectivity index (χ2v) is 6.77. The maximum absolute atomic E-state index is 1.58. The molecule has 0 saturated heterocycles. The summed E-state index contributed by atoms with van der Waals surface area (Å²) in [5.41, 5.74) is 1.70. The lowest BCUT2D eigenvalue weighted by Crippen LogP contribution is -2.32. The third-order valence-corrected chi connectivity index (χ3v) is 5.91. The molecule has 15 heavy (non-hydrogen) atoms. The number of hydrogen-bond donors (Lipinski definition) is 0. The van der Waals surface area contributed by atoms with Gasteiger partial charge in [-0.05, 0) is 62.2 Å². The summed E-state index contributed by atoms with van der Waals surface area (Å²) in [7, 11) is 0. The third kappa shape index (κ3) is 1.85. The maximum atomic E-state index is 1.58. The Morgan fingerprint density at radius 2 is 0.600 bits per heavy atom. The highest BCUT2D eigenvalue weighted by Crippen LogP contribution is 2.54. The standard InChI is InChI=1S/C15H26/c1-2-7-14(6-1)8-3-10-15(11-4-9-14)12-5-13-15/h1-13H2. The molecule has 0 atom stereocenters. The smallest absolute Gasteiger partial charge is 0.0297 e. The van der Waals surface area contributed by atoms with Gasteiger partial charge in [0.25, 0.3) is 0 Å². The van der Waals surface area contributed by atoms with Gasteiger partial charge in [-0.15, -0.1) is 0 Å². The van der Waals surface area contributed by atoms with Gasteiger partial charge < -0.3 is 0 Å². The zero-order valence-corrected chi connectivity index (χ0v) is 10.2. The van der Waals surface area contributed by atoms with Crippen LogP contribution in [0.3, 0.4) is 0 Å². The Morgan fingerprint density at radius 3 is 0.933 bits per heavy atom. The third-order valence-electron chi connectivity index (χ3n) is 5.91. The first-order valence-electron chi connectivity index (χ1n) is 7.33. The molecule has 2 spiro atoms. The van der Waals surface area contributed by atoms with Crippen LogP contribution in [0.15, 0.2) is 0 Å². The van der Waals surface area contributed by atoms with E-state index in [4.69, 9.17) is 0 Å². The fourth-order valence-corrected chi connectivity index (χ4v) is 4.73. The van der Waals surface area contributed by atoms with Crippen molar-refractivity contribution in [3.8, 4) is 0 Å². The van der Waals surface area contributed by atoms with Gasteiger partial charge in [0.15, 0.2) is 0 Å². The monoisotopic (exact) mass is 206 g/mol. The molecule has 0 aliphatic heterocycles. The van der Waals surface area contributed by atoms with E-state index in [1.165, 1.54) is 19.3 Å². The van der Waals surface area contributed by atoms with Crippen molar-refractivity contribution in [1.29, 1.82) is 0 Å². The first-order chi connectivity index (χ1) is 7.33. The molecule has 3 saturated carbocycles. The molecular formula is C15H26. The van der Waals surface area contributed by atoms with Crippen LogP contribution in [0.5, 0.6) is 0 Å². The maximum Gasteiger partial charge on any atom is -0.0297 e. The Kier molecular flexibility index (Phi) is 2.57. The van der Waals surface area contributed by atoms with Gasteiger partial charge in [0.05, 0.1) is 0 Å². The minimum Gasteiger partial charge on any atom is -0.0528 e. The van der Waals surface area contributed by atoms with E-state index in [-0.39, 0.29) is 0 Å². The molecule has 3 fully saturated rings. The lowest BCUT2D eigenvalue weighted by molar-refractivity contribution is 0.0658. The highest BCUT2D eigenvalue weighted by Gasteiger charge is 2.40.